The van der Waals surface area contributed by atoms with E-state index in [9.17, 15) is 9.18 Å². The molecule has 11 heteroatoms. The summed E-state index contributed by atoms with van der Waals surface area (Å²) in [5.74, 6) is -0.337. The van der Waals surface area contributed by atoms with Gasteiger partial charge in [0.2, 0.25) is 11.0 Å². The van der Waals surface area contributed by atoms with Gasteiger partial charge >= 0.3 is 0 Å². The second-order valence-electron chi connectivity index (χ2n) is 5.20. The maximum atomic E-state index is 13.6. The minimum Gasteiger partial charge on any atom is -0.328 e. The van der Waals surface area contributed by atoms with Gasteiger partial charge in [0.05, 0.1) is 27.2 Å². The third-order valence-electron chi connectivity index (χ3n) is 3.21. The normalized spacial score (nSPS) is 10.7. The average Bonchev–Trinajstić information content (AvgIpc) is 3.07. The van der Waals surface area contributed by atoms with Crippen molar-refractivity contribution in [3.8, 4) is 0 Å². The lowest BCUT2D eigenvalue weighted by Crippen LogP contribution is -2.15. The van der Waals surface area contributed by atoms with Gasteiger partial charge in [0.1, 0.15) is 5.82 Å². The Kier molecular flexibility index (Phi) is 6.48. The van der Waals surface area contributed by atoms with Gasteiger partial charge in [0.15, 0.2) is 10.2 Å². The van der Waals surface area contributed by atoms with Gasteiger partial charge in [-0.2, -0.15) is 0 Å². The molecule has 0 aliphatic carbocycles. The summed E-state index contributed by atoms with van der Waals surface area (Å²) < 4.78 is 14.2. The Labute approximate surface area is 172 Å². The van der Waals surface area contributed by atoms with E-state index in [4.69, 9.17) is 23.2 Å². The Morgan fingerprint density at radius 3 is 2.81 bits per heavy atom. The molecule has 0 saturated carbocycles. The Bertz CT molecular complexity index is 985. The summed E-state index contributed by atoms with van der Waals surface area (Å²) in [4.78, 5) is 16.3. The van der Waals surface area contributed by atoms with Crippen LogP contribution in [-0.2, 0) is 4.79 Å². The van der Waals surface area contributed by atoms with E-state index in [0.717, 1.165) is 0 Å². The molecule has 0 fully saturated rings. The molecule has 0 unspecified atom stereocenters. The van der Waals surface area contributed by atoms with Crippen molar-refractivity contribution in [2.24, 2.45) is 0 Å². The van der Waals surface area contributed by atoms with E-state index >= 15 is 0 Å². The Hall–Kier alpha value is -1.94. The summed E-state index contributed by atoms with van der Waals surface area (Å²) in [5.41, 5.74) is 0.874. The van der Waals surface area contributed by atoms with Crippen LogP contribution in [-0.4, -0.2) is 26.8 Å². The van der Waals surface area contributed by atoms with Gasteiger partial charge in [0.25, 0.3) is 0 Å². The number of halogens is 3. The van der Waals surface area contributed by atoms with Crippen molar-refractivity contribution in [2.45, 2.75) is 11.3 Å². The second kappa shape index (κ2) is 8.83. The van der Waals surface area contributed by atoms with E-state index in [2.05, 4.69) is 25.8 Å². The number of pyridine rings is 1. The fourth-order valence-electron chi connectivity index (χ4n) is 1.94. The molecular weight excluding hydrogens is 432 g/mol. The fourth-order valence-corrected chi connectivity index (χ4v) is 3.91. The molecule has 1 aromatic carbocycles. The van der Waals surface area contributed by atoms with Crippen LogP contribution in [0.25, 0.3) is 0 Å². The smallest absolute Gasteiger partial charge is 0.236 e. The topological polar surface area (TPSA) is 79.8 Å². The van der Waals surface area contributed by atoms with Gasteiger partial charge in [-0.25, -0.2) is 9.37 Å². The number of hydrogen-bond donors (Lipinski definition) is 2. The second-order valence-corrected chi connectivity index (χ2v) is 8.22. The van der Waals surface area contributed by atoms with Crippen LogP contribution in [0.15, 0.2) is 34.7 Å². The first kappa shape index (κ1) is 19.8. The van der Waals surface area contributed by atoms with Crippen LogP contribution in [0.4, 0.5) is 21.0 Å². The number of aromatic nitrogens is 3. The van der Waals surface area contributed by atoms with Crippen molar-refractivity contribution in [1.29, 1.82) is 0 Å². The number of hydrogen-bond acceptors (Lipinski definition) is 7. The standard InChI is InChI=1S/C16H12Cl2FN5OS2/c1-8-9(17)6-10(18)14(20-8)22-13(25)7-26-16-24-23-15(27-16)21-12-5-3-2-4-11(12)19/h2-6H,7H2,1H3,(H,21,23)(H,20,22,25). The van der Waals surface area contributed by atoms with Crippen molar-refractivity contribution in [1.82, 2.24) is 15.2 Å². The van der Waals surface area contributed by atoms with Gasteiger partial charge in [0, 0.05) is 0 Å². The van der Waals surface area contributed by atoms with Crippen molar-refractivity contribution in [3.63, 3.8) is 0 Å². The number of nitrogens with zero attached hydrogens (tertiary/aromatic N) is 3. The predicted molar refractivity (Wildman–Crippen MR) is 108 cm³/mol. The van der Waals surface area contributed by atoms with Crippen molar-refractivity contribution in [2.75, 3.05) is 16.4 Å². The molecule has 2 N–H and O–H groups in total. The van der Waals surface area contributed by atoms with Crippen LogP contribution in [0.2, 0.25) is 10.0 Å². The average molecular weight is 444 g/mol. The lowest BCUT2D eigenvalue weighted by molar-refractivity contribution is -0.113. The molecule has 0 radical (unpaired) electrons. The Balaban J connectivity index is 1.56. The molecule has 2 aromatic heterocycles. The lowest BCUT2D eigenvalue weighted by atomic mass is 10.3. The fraction of sp³-hybridized carbons (Fsp3) is 0.125. The highest BCUT2D eigenvalue weighted by atomic mass is 35.5. The van der Waals surface area contributed by atoms with Gasteiger partial charge in [-0.05, 0) is 25.1 Å². The third kappa shape index (κ3) is 5.29. The largest absolute Gasteiger partial charge is 0.328 e. The quantitative estimate of drug-likeness (QED) is 0.512. The summed E-state index contributed by atoms with van der Waals surface area (Å²) in [7, 11) is 0. The number of rotatable bonds is 6. The van der Waals surface area contributed by atoms with Gasteiger partial charge in [-0.15, -0.1) is 10.2 Å². The van der Waals surface area contributed by atoms with Crippen LogP contribution < -0.4 is 10.6 Å². The molecule has 0 atom stereocenters. The first-order chi connectivity index (χ1) is 12.9. The van der Waals surface area contributed by atoms with Crippen LogP contribution in [0, 0.1) is 12.7 Å². The summed E-state index contributed by atoms with van der Waals surface area (Å²) in [6, 6.07) is 7.79. The number of carbonyl (C=O) groups is 1. The van der Waals surface area contributed by atoms with Gasteiger partial charge < -0.3 is 10.6 Å². The Morgan fingerprint density at radius 2 is 2.04 bits per heavy atom. The molecular formula is C16H12Cl2FN5OS2. The molecule has 6 nitrogen and oxygen atoms in total. The number of para-hydroxylation sites is 1. The van der Waals surface area contributed by atoms with E-state index in [-0.39, 0.29) is 28.3 Å². The lowest BCUT2D eigenvalue weighted by Gasteiger charge is -2.07. The number of benzene rings is 1. The minimum atomic E-state index is -0.385. The first-order valence-electron chi connectivity index (χ1n) is 7.52. The molecule has 140 valence electrons. The van der Waals surface area contributed by atoms with Crippen molar-refractivity contribution >= 4 is 68.8 Å². The monoisotopic (exact) mass is 443 g/mol. The molecule has 0 aliphatic heterocycles. The molecule has 2 heterocycles. The highest BCUT2D eigenvalue weighted by Gasteiger charge is 2.13. The molecule has 0 spiro atoms. The Morgan fingerprint density at radius 1 is 1.26 bits per heavy atom. The van der Waals surface area contributed by atoms with E-state index in [1.54, 1.807) is 25.1 Å². The van der Waals surface area contributed by atoms with Crippen molar-refractivity contribution in [3.05, 3.63) is 51.9 Å². The number of carbonyl (C=O) groups excluding carboxylic acids is 1. The minimum absolute atomic E-state index is 0.0913. The molecule has 0 bridgehead atoms. The maximum absolute atomic E-state index is 13.6. The van der Waals surface area contributed by atoms with Crippen LogP contribution in [0.5, 0.6) is 0 Å². The van der Waals surface area contributed by atoms with Crippen LogP contribution >= 0.6 is 46.3 Å². The molecule has 0 saturated heterocycles. The van der Waals surface area contributed by atoms with Gasteiger partial charge in [-0.3, -0.25) is 4.79 Å². The first-order valence-corrected chi connectivity index (χ1v) is 10.1. The number of thioether (sulfide) groups is 1. The molecule has 3 aromatic rings. The summed E-state index contributed by atoms with van der Waals surface area (Å²) in [5, 5.41) is 14.5. The van der Waals surface area contributed by atoms with E-state index in [1.807, 2.05) is 0 Å². The zero-order valence-corrected chi connectivity index (χ0v) is 16.9. The zero-order valence-electron chi connectivity index (χ0n) is 13.8. The molecule has 27 heavy (non-hydrogen) atoms. The number of nitrogens with one attached hydrogen (secondary N) is 2. The molecule has 0 aliphatic rings. The van der Waals surface area contributed by atoms with E-state index < -0.39 is 0 Å². The van der Waals surface area contributed by atoms with E-state index in [1.165, 1.54) is 35.2 Å². The highest BCUT2D eigenvalue weighted by molar-refractivity contribution is 8.01. The summed E-state index contributed by atoms with van der Waals surface area (Å²) in [6.45, 7) is 1.72. The predicted octanol–water partition coefficient (Wildman–Crippen LogP) is 5.16. The third-order valence-corrected chi connectivity index (χ3v) is 5.85. The maximum Gasteiger partial charge on any atom is 0.236 e. The van der Waals surface area contributed by atoms with E-state index in [0.29, 0.717) is 25.9 Å². The molecule has 1 amide bonds. The van der Waals surface area contributed by atoms with Crippen LogP contribution in [0.3, 0.4) is 0 Å². The summed E-state index contributed by atoms with van der Waals surface area (Å²) >= 11 is 14.4. The zero-order chi connectivity index (χ0) is 19.4. The number of amides is 1. The van der Waals surface area contributed by atoms with Crippen molar-refractivity contribution < 1.29 is 9.18 Å². The SMILES string of the molecule is Cc1nc(NC(=O)CSc2nnc(Nc3ccccc3F)s2)c(Cl)cc1Cl. The van der Waals surface area contributed by atoms with Crippen LogP contribution in [0.1, 0.15) is 5.69 Å². The highest BCUT2D eigenvalue weighted by Crippen LogP contribution is 2.29. The summed E-state index contributed by atoms with van der Waals surface area (Å²) in [6.07, 6.45) is 0. The number of anilines is 3. The number of aryl methyl sites for hydroxylation is 1. The molecule has 3 rings (SSSR count). The van der Waals surface area contributed by atoms with Gasteiger partial charge in [-0.1, -0.05) is 58.4 Å².